The Balaban J connectivity index is 1.90. The minimum Gasteiger partial charge on any atom is -0.497 e. The molecule has 0 aliphatic carbocycles. The Kier molecular flexibility index (Phi) is 13.4. The number of aliphatic carboxylic acids is 1. The second-order valence-electron chi connectivity index (χ2n) is 9.78. The summed E-state index contributed by atoms with van der Waals surface area (Å²) in [6, 6.07) is 18.1. The Morgan fingerprint density at radius 2 is 1.56 bits per heavy atom. The molecule has 0 radical (unpaired) electrons. The SMILES string of the molecule is COc1ccc(/C=C/C[C@@H](C(=O)OCC(C)C)[C@H](CCCCCCCc2ccccc2)C(=O)O)cc1. The van der Waals surface area contributed by atoms with E-state index >= 15 is 0 Å². The maximum Gasteiger partial charge on any atom is 0.310 e. The van der Waals surface area contributed by atoms with Gasteiger partial charge < -0.3 is 14.6 Å². The normalized spacial score (nSPS) is 13.0. The van der Waals surface area contributed by atoms with E-state index in [4.69, 9.17) is 9.47 Å². The van der Waals surface area contributed by atoms with Crippen molar-refractivity contribution in [2.45, 2.75) is 65.2 Å². The second-order valence-corrected chi connectivity index (χ2v) is 9.78. The van der Waals surface area contributed by atoms with Crippen molar-refractivity contribution in [1.29, 1.82) is 0 Å². The number of esters is 1. The molecule has 0 heterocycles. The number of methoxy groups -OCH3 is 1. The minimum atomic E-state index is -0.927. The lowest BCUT2D eigenvalue weighted by atomic mass is 9.85. The topological polar surface area (TPSA) is 72.8 Å². The summed E-state index contributed by atoms with van der Waals surface area (Å²) in [6.07, 6.45) is 10.7. The van der Waals surface area contributed by atoms with Gasteiger partial charge in [0.25, 0.3) is 0 Å². The summed E-state index contributed by atoms with van der Waals surface area (Å²) in [4.78, 5) is 25.1. The minimum absolute atomic E-state index is 0.198. The van der Waals surface area contributed by atoms with Crippen molar-refractivity contribution in [3.63, 3.8) is 0 Å². The maximum atomic E-state index is 12.9. The molecule has 1 N–H and O–H groups in total. The Hall–Kier alpha value is -3.08. The monoisotopic (exact) mass is 494 g/mol. The van der Waals surface area contributed by atoms with E-state index in [-0.39, 0.29) is 5.92 Å². The van der Waals surface area contributed by atoms with E-state index in [0.29, 0.717) is 19.4 Å². The Labute approximate surface area is 216 Å². The van der Waals surface area contributed by atoms with E-state index in [1.165, 1.54) is 5.56 Å². The third-order valence-corrected chi connectivity index (χ3v) is 6.30. The molecule has 0 fully saturated rings. The number of carbonyl (C=O) groups excluding carboxylic acids is 1. The number of allylic oxidation sites excluding steroid dienone is 1. The molecule has 0 unspecified atom stereocenters. The number of unbranched alkanes of at least 4 members (excludes halogenated alkanes) is 4. The van der Waals surface area contributed by atoms with Crippen LogP contribution in [0.3, 0.4) is 0 Å². The van der Waals surface area contributed by atoms with E-state index in [2.05, 4.69) is 24.3 Å². The number of aryl methyl sites for hydroxylation is 1. The Bertz CT molecular complexity index is 918. The van der Waals surface area contributed by atoms with Crippen LogP contribution in [0.2, 0.25) is 0 Å². The number of hydrogen-bond donors (Lipinski definition) is 1. The molecule has 5 nitrogen and oxygen atoms in total. The van der Waals surface area contributed by atoms with Crippen molar-refractivity contribution in [3.05, 3.63) is 71.8 Å². The number of benzene rings is 2. The third kappa shape index (κ3) is 11.1. The largest absolute Gasteiger partial charge is 0.497 e. The predicted molar refractivity (Wildman–Crippen MR) is 145 cm³/mol. The van der Waals surface area contributed by atoms with Crippen molar-refractivity contribution < 1.29 is 24.2 Å². The zero-order valence-electron chi connectivity index (χ0n) is 22.0. The Morgan fingerprint density at radius 1 is 0.889 bits per heavy atom. The molecule has 2 aromatic rings. The van der Waals surface area contributed by atoms with Crippen LogP contribution in [0.4, 0.5) is 0 Å². The van der Waals surface area contributed by atoms with E-state index in [0.717, 1.165) is 49.8 Å². The number of carboxylic acid groups (broad SMARTS) is 1. The fourth-order valence-electron chi connectivity index (χ4n) is 4.21. The molecule has 2 atom stereocenters. The molecule has 0 saturated carbocycles. The first kappa shape index (κ1) is 29.2. The number of carbonyl (C=O) groups is 2. The smallest absolute Gasteiger partial charge is 0.310 e. The van der Waals surface area contributed by atoms with Gasteiger partial charge in [-0.05, 0) is 54.9 Å². The molecule has 0 amide bonds. The highest BCUT2D eigenvalue weighted by Crippen LogP contribution is 2.26. The van der Waals surface area contributed by atoms with Crippen molar-refractivity contribution in [1.82, 2.24) is 0 Å². The molecule has 0 aromatic heterocycles. The average molecular weight is 495 g/mol. The van der Waals surface area contributed by atoms with Crippen molar-refractivity contribution >= 4 is 18.0 Å². The molecule has 0 aliphatic heterocycles. The van der Waals surface area contributed by atoms with Crippen molar-refractivity contribution in [3.8, 4) is 5.75 Å². The molecule has 0 saturated heterocycles. The van der Waals surface area contributed by atoms with Gasteiger partial charge in [0.2, 0.25) is 0 Å². The van der Waals surface area contributed by atoms with Crippen LogP contribution < -0.4 is 4.74 Å². The molecule has 0 aliphatic rings. The van der Waals surface area contributed by atoms with Gasteiger partial charge in [-0.25, -0.2) is 0 Å². The lowest BCUT2D eigenvalue weighted by molar-refractivity contribution is -0.158. The number of ether oxygens (including phenoxy) is 2. The van der Waals surface area contributed by atoms with Gasteiger partial charge in [0.1, 0.15) is 5.75 Å². The van der Waals surface area contributed by atoms with Crippen LogP contribution in [0.1, 0.15) is 69.9 Å². The van der Waals surface area contributed by atoms with E-state index in [1.807, 2.05) is 56.3 Å². The molecule has 2 aromatic carbocycles. The average Bonchev–Trinajstić information content (AvgIpc) is 2.88. The first-order valence-corrected chi connectivity index (χ1v) is 13.1. The van der Waals surface area contributed by atoms with Gasteiger partial charge in [-0.1, -0.05) is 94.1 Å². The van der Waals surface area contributed by atoms with E-state index < -0.39 is 23.8 Å². The van der Waals surface area contributed by atoms with Crippen molar-refractivity contribution in [2.75, 3.05) is 13.7 Å². The van der Waals surface area contributed by atoms with Crippen LogP contribution in [0.5, 0.6) is 5.75 Å². The summed E-state index contributed by atoms with van der Waals surface area (Å²) in [5, 5.41) is 9.97. The molecule has 5 heteroatoms. The number of carboxylic acids is 1. The predicted octanol–water partition coefficient (Wildman–Crippen LogP) is 7.20. The molecule has 0 spiro atoms. The summed E-state index contributed by atoms with van der Waals surface area (Å²) in [7, 11) is 1.62. The first-order valence-electron chi connectivity index (χ1n) is 13.1. The van der Waals surface area contributed by atoms with Gasteiger partial charge in [0.15, 0.2) is 0 Å². The third-order valence-electron chi connectivity index (χ3n) is 6.30. The standard InChI is InChI=1S/C31H42O5/c1-24(2)23-36-31(34)29(18-12-16-26-19-21-27(35-3)22-20-26)28(30(32)33)17-11-6-4-5-8-13-25-14-9-7-10-15-25/h7,9-10,12,14-16,19-22,24,28-29H,4-6,8,11,13,17-18,23H2,1-3H3,(H,32,33)/b16-12+/t28-,29+/m0/s1. The van der Waals surface area contributed by atoms with E-state index in [9.17, 15) is 14.7 Å². The summed E-state index contributed by atoms with van der Waals surface area (Å²) < 4.78 is 10.7. The van der Waals surface area contributed by atoms with Gasteiger partial charge in [0.05, 0.1) is 25.6 Å². The van der Waals surface area contributed by atoms with Gasteiger partial charge in [-0.2, -0.15) is 0 Å². The van der Waals surface area contributed by atoms with Crippen LogP contribution in [-0.2, 0) is 20.7 Å². The molecule has 196 valence electrons. The van der Waals surface area contributed by atoms with Crippen molar-refractivity contribution in [2.24, 2.45) is 17.8 Å². The van der Waals surface area contributed by atoms with Gasteiger partial charge in [-0.3, -0.25) is 9.59 Å². The fourth-order valence-corrected chi connectivity index (χ4v) is 4.21. The lowest BCUT2D eigenvalue weighted by Crippen LogP contribution is -2.31. The van der Waals surface area contributed by atoms with Gasteiger partial charge >= 0.3 is 11.9 Å². The van der Waals surface area contributed by atoms with Crippen LogP contribution in [0.25, 0.3) is 6.08 Å². The first-order chi connectivity index (χ1) is 17.4. The zero-order chi connectivity index (χ0) is 26.2. The quantitative estimate of drug-likeness (QED) is 0.186. The Morgan fingerprint density at radius 3 is 2.19 bits per heavy atom. The van der Waals surface area contributed by atoms with Gasteiger partial charge in [0, 0.05) is 0 Å². The second kappa shape index (κ2) is 16.6. The summed E-state index contributed by atoms with van der Waals surface area (Å²) in [5.41, 5.74) is 2.32. The highest BCUT2D eigenvalue weighted by molar-refractivity contribution is 5.81. The lowest BCUT2D eigenvalue weighted by Gasteiger charge is -2.22. The van der Waals surface area contributed by atoms with Crippen LogP contribution >= 0.6 is 0 Å². The van der Waals surface area contributed by atoms with Crippen LogP contribution in [0.15, 0.2) is 60.7 Å². The molecule has 0 bridgehead atoms. The van der Waals surface area contributed by atoms with E-state index in [1.54, 1.807) is 7.11 Å². The maximum absolute atomic E-state index is 12.9. The molecule has 2 rings (SSSR count). The number of rotatable bonds is 17. The molecule has 36 heavy (non-hydrogen) atoms. The van der Waals surface area contributed by atoms with Crippen LogP contribution in [0, 0.1) is 17.8 Å². The summed E-state index contributed by atoms with van der Waals surface area (Å²) in [5.74, 6) is -1.83. The highest BCUT2D eigenvalue weighted by Gasteiger charge is 2.33. The fraction of sp³-hybridized carbons (Fsp3) is 0.484. The van der Waals surface area contributed by atoms with Gasteiger partial charge in [-0.15, -0.1) is 0 Å². The highest BCUT2D eigenvalue weighted by atomic mass is 16.5. The number of hydrogen-bond acceptors (Lipinski definition) is 4. The van der Waals surface area contributed by atoms with Crippen LogP contribution in [-0.4, -0.2) is 30.8 Å². The zero-order valence-corrected chi connectivity index (χ0v) is 22.0. The summed E-state index contributed by atoms with van der Waals surface area (Å²) >= 11 is 0. The summed E-state index contributed by atoms with van der Waals surface area (Å²) in [6.45, 7) is 4.24. The molecular weight excluding hydrogens is 452 g/mol. The molecular formula is C31H42O5.